The van der Waals surface area contributed by atoms with Crippen LogP contribution in [0.4, 0.5) is 0 Å². The molecule has 0 atom stereocenters. The standard InChI is InChI=1S/C22H40N4O2/c1-4-24-11-13-25(14-12-24)8-5-20(27)26-9-6-22(7-10-26)15-19(16-22)17-23-21(28)18(2)3/h18-19H,4-17H2,1-3H3,(H,23,28). The molecule has 0 bridgehead atoms. The van der Waals surface area contributed by atoms with Crippen LogP contribution >= 0.6 is 0 Å². The molecule has 6 heteroatoms. The van der Waals surface area contributed by atoms with Crippen molar-refractivity contribution in [3.8, 4) is 0 Å². The molecular weight excluding hydrogens is 352 g/mol. The number of nitrogens with one attached hydrogen (secondary N) is 1. The number of amides is 2. The Morgan fingerprint density at radius 3 is 2.18 bits per heavy atom. The van der Waals surface area contributed by atoms with E-state index in [2.05, 4.69) is 26.9 Å². The van der Waals surface area contributed by atoms with Gasteiger partial charge in [-0.15, -0.1) is 0 Å². The summed E-state index contributed by atoms with van der Waals surface area (Å²) in [4.78, 5) is 31.4. The lowest BCUT2D eigenvalue weighted by molar-refractivity contribution is -0.136. The summed E-state index contributed by atoms with van der Waals surface area (Å²) >= 11 is 0. The van der Waals surface area contributed by atoms with E-state index in [0.717, 1.165) is 71.7 Å². The van der Waals surface area contributed by atoms with E-state index in [-0.39, 0.29) is 11.8 Å². The molecule has 28 heavy (non-hydrogen) atoms. The Hall–Kier alpha value is -1.14. The molecule has 3 rings (SSSR count). The Bertz CT molecular complexity index is 527. The van der Waals surface area contributed by atoms with Crippen LogP contribution in [0.1, 0.15) is 52.9 Å². The van der Waals surface area contributed by atoms with Gasteiger partial charge in [0.25, 0.3) is 0 Å². The average Bonchev–Trinajstić information content (AvgIpc) is 2.69. The highest BCUT2D eigenvalue weighted by Gasteiger charge is 2.46. The highest BCUT2D eigenvalue weighted by atomic mass is 16.2. The van der Waals surface area contributed by atoms with Crippen molar-refractivity contribution in [3.05, 3.63) is 0 Å². The molecule has 160 valence electrons. The van der Waals surface area contributed by atoms with Crippen LogP contribution in [0.2, 0.25) is 0 Å². The summed E-state index contributed by atoms with van der Waals surface area (Å²) < 4.78 is 0. The Balaban J connectivity index is 1.30. The second kappa shape index (κ2) is 9.57. The molecule has 2 saturated heterocycles. The van der Waals surface area contributed by atoms with Crippen molar-refractivity contribution in [1.82, 2.24) is 20.0 Å². The van der Waals surface area contributed by atoms with Crippen molar-refractivity contribution < 1.29 is 9.59 Å². The van der Waals surface area contributed by atoms with Gasteiger partial charge in [-0.05, 0) is 43.6 Å². The second-order valence-electron chi connectivity index (χ2n) is 9.58. The summed E-state index contributed by atoms with van der Waals surface area (Å²) in [7, 11) is 0. The van der Waals surface area contributed by atoms with Crippen molar-refractivity contribution in [2.24, 2.45) is 17.3 Å². The molecule has 0 unspecified atom stereocenters. The number of piperidine rings is 1. The third-order valence-corrected chi connectivity index (χ3v) is 7.26. The lowest BCUT2D eigenvalue weighted by atomic mass is 9.57. The number of piperazine rings is 1. The van der Waals surface area contributed by atoms with E-state index in [0.29, 0.717) is 23.7 Å². The molecule has 1 spiro atoms. The molecule has 0 aromatic carbocycles. The van der Waals surface area contributed by atoms with E-state index in [1.54, 1.807) is 0 Å². The number of hydrogen-bond acceptors (Lipinski definition) is 4. The summed E-state index contributed by atoms with van der Waals surface area (Å²) in [6.45, 7) is 15.3. The minimum absolute atomic E-state index is 0.0683. The van der Waals surface area contributed by atoms with Gasteiger partial charge in [0, 0.05) is 64.7 Å². The van der Waals surface area contributed by atoms with E-state index in [1.165, 1.54) is 12.8 Å². The first kappa shape index (κ1) is 21.6. The van der Waals surface area contributed by atoms with Crippen molar-refractivity contribution >= 4 is 11.8 Å². The average molecular weight is 393 g/mol. The number of likely N-dealkylation sites (N-methyl/N-ethyl adjacent to an activating group) is 1. The Morgan fingerprint density at radius 2 is 1.61 bits per heavy atom. The van der Waals surface area contributed by atoms with E-state index in [4.69, 9.17) is 0 Å². The van der Waals surface area contributed by atoms with Gasteiger partial charge in [-0.3, -0.25) is 9.59 Å². The van der Waals surface area contributed by atoms with E-state index < -0.39 is 0 Å². The monoisotopic (exact) mass is 392 g/mol. The smallest absolute Gasteiger partial charge is 0.223 e. The summed E-state index contributed by atoms with van der Waals surface area (Å²) in [5.41, 5.74) is 0.445. The van der Waals surface area contributed by atoms with Gasteiger partial charge in [0.2, 0.25) is 11.8 Å². The van der Waals surface area contributed by atoms with Crippen LogP contribution in [0.25, 0.3) is 0 Å². The molecule has 1 aliphatic carbocycles. The predicted molar refractivity (Wildman–Crippen MR) is 112 cm³/mol. The van der Waals surface area contributed by atoms with Crippen LogP contribution in [-0.4, -0.2) is 85.4 Å². The normalized spacial score (nSPS) is 23.8. The van der Waals surface area contributed by atoms with E-state index in [9.17, 15) is 9.59 Å². The fourth-order valence-corrected chi connectivity index (χ4v) is 5.14. The maximum Gasteiger partial charge on any atom is 0.223 e. The molecule has 3 aliphatic rings. The summed E-state index contributed by atoms with van der Waals surface area (Å²) in [6, 6.07) is 0. The van der Waals surface area contributed by atoms with Crippen LogP contribution in [-0.2, 0) is 9.59 Å². The van der Waals surface area contributed by atoms with E-state index >= 15 is 0 Å². The van der Waals surface area contributed by atoms with Crippen LogP contribution in [0, 0.1) is 17.3 Å². The zero-order valence-electron chi connectivity index (χ0n) is 18.2. The van der Waals surface area contributed by atoms with Gasteiger partial charge in [-0.2, -0.15) is 0 Å². The van der Waals surface area contributed by atoms with Crippen molar-refractivity contribution in [1.29, 1.82) is 0 Å². The minimum atomic E-state index is 0.0683. The molecular formula is C22H40N4O2. The van der Waals surface area contributed by atoms with Crippen LogP contribution in [0.15, 0.2) is 0 Å². The molecule has 0 radical (unpaired) electrons. The van der Waals surface area contributed by atoms with Crippen LogP contribution in [0.3, 0.4) is 0 Å². The van der Waals surface area contributed by atoms with Gasteiger partial charge < -0.3 is 20.0 Å². The molecule has 1 saturated carbocycles. The first-order valence-electron chi connectivity index (χ1n) is 11.4. The van der Waals surface area contributed by atoms with Gasteiger partial charge in [0.15, 0.2) is 0 Å². The maximum atomic E-state index is 12.6. The summed E-state index contributed by atoms with van der Waals surface area (Å²) in [5, 5.41) is 3.08. The molecule has 2 aliphatic heterocycles. The number of likely N-dealkylation sites (tertiary alicyclic amines) is 1. The van der Waals surface area contributed by atoms with Gasteiger partial charge in [-0.25, -0.2) is 0 Å². The number of carbonyl (C=O) groups is 2. The Morgan fingerprint density at radius 1 is 1.00 bits per heavy atom. The molecule has 3 fully saturated rings. The minimum Gasteiger partial charge on any atom is -0.356 e. The molecule has 0 aromatic rings. The summed E-state index contributed by atoms with van der Waals surface area (Å²) in [6.07, 6.45) is 5.39. The number of rotatable bonds is 7. The first-order chi connectivity index (χ1) is 13.4. The highest BCUT2D eigenvalue weighted by molar-refractivity contribution is 5.77. The summed E-state index contributed by atoms with van der Waals surface area (Å²) in [5.74, 6) is 1.20. The Labute approximate surface area is 171 Å². The maximum absolute atomic E-state index is 12.6. The fraction of sp³-hybridized carbons (Fsp3) is 0.909. The van der Waals surface area contributed by atoms with Crippen molar-refractivity contribution in [2.75, 3.05) is 58.9 Å². The number of carbonyl (C=O) groups excluding carboxylic acids is 2. The van der Waals surface area contributed by atoms with Crippen molar-refractivity contribution in [3.63, 3.8) is 0 Å². The van der Waals surface area contributed by atoms with Gasteiger partial charge in [0.05, 0.1) is 0 Å². The largest absolute Gasteiger partial charge is 0.356 e. The third-order valence-electron chi connectivity index (χ3n) is 7.26. The van der Waals surface area contributed by atoms with E-state index in [1.807, 2.05) is 13.8 Å². The molecule has 2 amide bonds. The Kier molecular flexibility index (Phi) is 7.37. The molecule has 2 heterocycles. The quantitative estimate of drug-likeness (QED) is 0.718. The SMILES string of the molecule is CCN1CCN(CCC(=O)N2CCC3(CC2)CC(CNC(=O)C(C)C)C3)CC1. The lowest BCUT2D eigenvalue weighted by Gasteiger charge is -2.52. The zero-order valence-corrected chi connectivity index (χ0v) is 18.2. The van der Waals surface area contributed by atoms with Crippen LogP contribution < -0.4 is 5.32 Å². The zero-order chi connectivity index (χ0) is 20.1. The second-order valence-corrected chi connectivity index (χ2v) is 9.58. The van der Waals surface area contributed by atoms with Crippen molar-refractivity contribution in [2.45, 2.75) is 52.9 Å². The highest BCUT2D eigenvalue weighted by Crippen LogP contribution is 2.52. The molecule has 6 nitrogen and oxygen atoms in total. The molecule has 1 N–H and O–H groups in total. The lowest BCUT2D eigenvalue weighted by Crippen LogP contribution is -2.51. The topological polar surface area (TPSA) is 55.9 Å². The number of hydrogen-bond donors (Lipinski definition) is 1. The third kappa shape index (κ3) is 5.47. The number of nitrogens with zero attached hydrogens (tertiary/aromatic N) is 3. The van der Waals surface area contributed by atoms with Gasteiger partial charge >= 0.3 is 0 Å². The fourth-order valence-electron chi connectivity index (χ4n) is 5.14. The predicted octanol–water partition coefficient (Wildman–Crippen LogP) is 1.81. The van der Waals surface area contributed by atoms with Crippen LogP contribution in [0.5, 0.6) is 0 Å². The first-order valence-corrected chi connectivity index (χ1v) is 11.4. The van der Waals surface area contributed by atoms with Gasteiger partial charge in [0.1, 0.15) is 0 Å². The molecule has 0 aromatic heterocycles. The van der Waals surface area contributed by atoms with Gasteiger partial charge in [-0.1, -0.05) is 20.8 Å².